The van der Waals surface area contributed by atoms with Crippen molar-refractivity contribution >= 4 is 11.6 Å². The van der Waals surface area contributed by atoms with E-state index in [0.717, 1.165) is 18.7 Å². The summed E-state index contributed by atoms with van der Waals surface area (Å²) in [6.45, 7) is 4.03. The van der Waals surface area contributed by atoms with E-state index in [-0.39, 0.29) is 5.75 Å². The Balaban J connectivity index is 2.74. The average Bonchev–Trinajstić information content (AvgIpc) is 2.31. The van der Waals surface area contributed by atoms with Crippen LogP contribution >= 0.6 is 11.6 Å². The van der Waals surface area contributed by atoms with Crippen molar-refractivity contribution in [3.8, 4) is 11.5 Å². The molecule has 96 valence electrons. The molecule has 0 spiro atoms. The maximum Gasteiger partial charge on any atom is 0.176 e. The van der Waals surface area contributed by atoms with E-state index in [2.05, 4.69) is 18.9 Å². The Hall–Kier alpha value is -0.930. The molecule has 0 heterocycles. The van der Waals surface area contributed by atoms with Gasteiger partial charge in [0.25, 0.3) is 0 Å². The van der Waals surface area contributed by atoms with Crippen LogP contribution < -0.4 is 4.74 Å². The lowest BCUT2D eigenvalue weighted by atomic mass is 10.2. The van der Waals surface area contributed by atoms with Crippen molar-refractivity contribution in [3.05, 3.63) is 22.7 Å². The Labute approximate surface area is 108 Å². The van der Waals surface area contributed by atoms with Gasteiger partial charge in [-0.1, -0.05) is 24.9 Å². The molecular formula is C13H20ClNO2. The van der Waals surface area contributed by atoms with Crippen LogP contribution in [0.5, 0.6) is 11.5 Å². The van der Waals surface area contributed by atoms with Gasteiger partial charge in [0.1, 0.15) is 0 Å². The summed E-state index contributed by atoms with van der Waals surface area (Å²) in [7, 11) is 3.60. The largest absolute Gasteiger partial charge is 0.503 e. The molecule has 0 unspecified atom stereocenters. The van der Waals surface area contributed by atoms with Gasteiger partial charge in [-0.2, -0.15) is 0 Å². The molecule has 0 aliphatic carbocycles. The highest BCUT2D eigenvalue weighted by molar-refractivity contribution is 6.32. The van der Waals surface area contributed by atoms with Gasteiger partial charge in [-0.25, -0.2) is 0 Å². The van der Waals surface area contributed by atoms with E-state index in [9.17, 15) is 5.11 Å². The minimum absolute atomic E-state index is 0.00845. The Morgan fingerprint density at radius 1 is 1.41 bits per heavy atom. The second-order valence-corrected chi connectivity index (χ2v) is 4.63. The fraction of sp³-hybridized carbons (Fsp3) is 0.538. The third-order valence-corrected chi connectivity index (χ3v) is 2.94. The first-order chi connectivity index (χ1) is 8.08. The summed E-state index contributed by atoms with van der Waals surface area (Å²) in [6.07, 6.45) is 2.36. The summed E-state index contributed by atoms with van der Waals surface area (Å²) < 4.78 is 5.08. The fourth-order valence-corrected chi connectivity index (χ4v) is 1.93. The number of hydrogen-bond donors (Lipinski definition) is 1. The zero-order valence-electron chi connectivity index (χ0n) is 10.7. The molecule has 1 aromatic carbocycles. The predicted molar refractivity (Wildman–Crippen MR) is 70.9 cm³/mol. The van der Waals surface area contributed by atoms with Gasteiger partial charge in [0, 0.05) is 6.54 Å². The first-order valence-corrected chi connectivity index (χ1v) is 6.20. The van der Waals surface area contributed by atoms with Crippen LogP contribution in [0.3, 0.4) is 0 Å². The monoisotopic (exact) mass is 257 g/mol. The number of unbranched alkanes of at least 4 members (excludes halogenated alkanes) is 1. The zero-order chi connectivity index (χ0) is 12.8. The topological polar surface area (TPSA) is 32.7 Å². The van der Waals surface area contributed by atoms with Crippen LogP contribution in [-0.2, 0) is 6.54 Å². The van der Waals surface area contributed by atoms with Crippen LogP contribution in [-0.4, -0.2) is 30.7 Å². The van der Waals surface area contributed by atoms with Crippen LogP contribution in [0.4, 0.5) is 0 Å². The number of phenols is 1. The lowest BCUT2D eigenvalue weighted by Crippen LogP contribution is -2.18. The minimum atomic E-state index is 0.00845. The van der Waals surface area contributed by atoms with Crippen molar-refractivity contribution in [3.63, 3.8) is 0 Å². The van der Waals surface area contributed by atoms with E-state index < -0.39 is 0 Å². The first kappa shape index (κ1) is 14.1. The molecule has 17 heavy (non-hydrogen) atoms. The maximum atomic E-state index is 9.63. The van der Waals surface area contributed by atoms with E-state index in [0.29, 0.717) is 10.8 Å². The van der Waals surface area contributed by atoms with Crippen molar-refractivity contribution in [2.45, 2.75) is 26.3 Å². The number of benzene rings is 1. The summed E-state index contributed by atoms with van der Waals surface area (Å²) in [5.41, 5.74) is 1.04. The Morgan fingerprint density at radius 3 is 2.71 bits per heavy atom. The summed E-state index contributed by atoms with van der Waals surface area (Å²) in [5, 5.41) is 9.96. The molecule has 0 saturated heterocycles. The molecule has 0 radical (unpaired) electrons. The van der Waals surface area contributed by atoms with Gasteiger partial charge in [0.15, 0.2) is 11.5 Å². The standard InChI is InChI=1S/C13H20ClNO2/c1-4-5-6-15(2)9-10-7-11(14)13(16)12(8-10)17-3/h7-8,16H,4-6,9H2,1-3H3. The zero-order valence-corrected chi connectivity index (χ0v) is 11.4. The maximum absolute atomic E-state index is 9.63. The third kappa shape index (κ3) is 4.10. The van der Waals surface area contributed by atoms with E-state index in [1.54, 1.807) is 6.07 Å². The normalized spacial score (nSPS) is 10.9. The number of aromatic hydroxyl groups is 1. The Morgan fingerprint density at radius 2 is 2.12 bits per heavy atom. The molecule has 0 aliphatic heterocycles. The molecule has 0 amide bonds. The van der Waals surface area contributed by atoms with Crippen LogP contribution in [0.25, 0.3) is 0 Å². The van der Waals surface area contributed by atoms with E-state index in [1.807, 2.05) is 6.07 Å². The average molecular weight is 258 g/mol. The molecule has 0 saturated carbocycles. The van der Waals surface area contributed by atoms with Crippen LogP contribution in [0.2, 0.25) is 5.02 Å². The van der Waals surface area contributed by atoms with Gasteiger partial charge in [-0.15, -0.1) is 0 Å². The second-order valence-electron chi connectivity index (χ2n) is 4.22. The molecule has 1 rings (SSSR count). The lowest BCUT2D eigenvalue weighted by Gasteiger charge is -2.17. The molecule has 0 bridgehead atoms. The van der Waals surface area contributed by atoms with E-state index in [1.165, 1.54) is 20.0 Å². The number of phenolic OH excluding ortho intramolecular Hbond substituents is 1. The molecule has 0 aromatic heterocycles. The van der Waals surface area contributed by atoms with E-state index >= 15 is 0 Å². The highest BCUT2D eigenvalue weighted by Crippen LogP contribution is 2.35. The first-order valence-electron chi connectivity index (χ1n) is 5.82. The number of nitrogens with zero attached hydrogens (tertiary/aromatic N) is 1. The Bertz CT molecular complexity index is 369. The van der Waals surface area contributed by atoms with Gasteiger partial charge in [0.05, 0.1) is 12.1 Å². The molecular weight excluding hydrogens is 238 g/mol. The lowest BCUT2D eigenvalue weighted by molar-refractivity contribution is 0.319. The quantitative estimate of drug-likeness (QED) is 0.849. The highest BCUT2D eigenvalue weighted by atomic mass is 35.5. The highest BCUT2D eigenvalue weighted by Gasteiger charge is 2.10. The molecule has 0 fully saturated rings. The molecule has 1 aromatic rings. The second kappa shape index (κ2) is 6.72. The number of halogens is 1. The van der Waals surface area contributed by atoms with Gasteiger partial charge < -0.3 is 14.7 Å². The number of hydrogen-bond acceptors (Lipinski definition) is 3. The van der Waals surface area contributed by atoms with Crippen molar-refractivity contribution in [2.24, 2.45) is 0 Å². The van der Waals surface area contributed by atoms with Gasteiger partial charge in [-0.05, 0) is 37.7 Å². The van der Waals surface area contributed by atoms with Crippen LogP contribution in [0.1, 0.15) is 25.3 Å². The van der Waals surface area contributed by atoms with Crippen LogP contribution in [0.15, 0.2) is 12.1 Å². The number of methoxy groups -OCH3 is 1. The summed E-state index contributed by atoms with van der Waals surface area (Å²) >= 11 is 5.94. The van der Waals surface area contributed by atoms with Gasteiger partial charge >= 0.3 is 0 Å². The third-order valence-electron chi connectivity index (χ3n) is 2.65. The fourth-order valence-electron chi connectivity index (χ4n) is 1.69. The summed E-state index contributed by atoms with van der Waals surface area (Å²) in [4.78, 5) is 2.23. The van der Waals surface area contributed by atoms with Crippen molar-refractivity contribution in [2.75, 3.05) is 20.7 Å². The predicted octanol–water partition coefficient (Wildman–Crippen LogP) is 3.29. The number of rotatable bonds is 6. The molecule has 4 heteroatoms. The molecule has 1 N–H and O–H groups in total. The van der Waals surface area contributed by atoms with Gasteiger partial charge in [-0.3, -0.25) is 0 Å². The van der Waals surface area contributed by atoms with E-state index in [4.69, 9.17) is 16.3 Å². The SMILES string of the molecule is CCCCN(C)Cc1cc(Cl)c(O)c(OC)c1. The molecule has 0 atom stereocenters. The summed E-state index contributed by atoms with van der Waals surface area (Å²) in [6, 6.07) is 3.60. The smallest absolute Gasteiger partial charge is 0.176 e. The van der Waals surface area contributed by atoms with Crippen molar-refractivity contribution < 1.29 is 9.84 Å². The van der Waals surface area contributed by atoms with Crippen molar-refractivity contribution in [1.29, 1.82) is 0 Å². The molecule has 0 aliphatic rings. The molecule has 3 nitrogen and oxygen atoms in total. The van der Waals surface area contributed by atoms with Gasteiger partial charge in [0.2, 0.25) is 0 Å². The summed E-state index contributed by atoms with van der Waals surface area (Å²) in [5.74, 6) is 0.436. The minimum Gasteiger partial charge on any atom is -0.503 e. The Kier molecular flexibility index (Phi) is 5.59. The number of ether oxygens (including phenoxy) is 1. The van der Waals surface area contributed by atoms with Crippen LogP contribution in [0, 0.1) is 0 Å². The van der Waals surface area contributed by atoms with Crippen molar-refractivity contribution in [1.82, 2.24) is 4.90 Å².